The normalized spacial score (nSPS) is 27.3. The molecule has 0 spiro atoms. The fourth-order valence-corrected chi connectivity index (χ4v) is 1.77. The standard InChI is InChI=1S/C10H15ClN2O2/c1-3-8-9(14)12-7(2)10(15)13(8)6-4-5-11/h4-5,7-8H,3,6H2,1-2H3,(H,12,14)/b5-4+. The van der Waals surface area contributed by atoms with Crippen molar-refractivity contribution in [2.75, 3.05) is 6.54 Å². The second-order valence-corrected chi connectivity index (χ2v) is 3.76. The number of carbonyl (C=O) groups excluding carboxylic acids is 2. The maximum atomic E-state index is 11.8. The van der Waals surface area contributed by atoms with Crippen LogP contribution in [0.1, 0.15) is 20.3 Å². The molecular weight excluding hydrogens is 216 g/mol. The molecule has 1 fully saturated rings. The molecule has 1 heterocycles. The number of halogens is 1. The van der Waals surface area contributed by atoms with Crippen LogP contribution in [0.25, 0.3) is 0 Å². The molecule has 2 unspecified atom stereocenters. The Hall–Kier alpha value is -1.03. The van der Waals surface area contributed by atoms with Crippen LogP contribution in [0.15, 0.2) is 11.6 Å². The number of rotatable bonds is 3. The third-order valence-electron chi connectivity index (χ3n) is 2.47. The molecule has 2 amide bonds. The van der Waals surface area contributed by atoms with Gasteiger partial charge in [-0.1, -0.05) is 24.6 Å². The molecule has 4 nitrogen and oxygen atoms in total. The zero-order valence-electron chi connectivity index (χ0n) is 8.87. The minimum Gasteiger partial charge on any atom is -0.343 e. The third kappa shape index (κ3) is 2.50. The molecule has 0 bridgehead atoms. The fraction of sp³-hybridized carbons (Fsp3) is 0.600. The van der Waals surface area contributed by atoms with Gasteiger partial charge in [-0.25, -0.2) is 0 Å². The SMILES string of the molecule is CCC1C(=O)NC(C)C(=O)N1C/C=C/Cl. The molecule has 1 aliphatic rings. The van der Waals surface area contributed by atoms with E-state index in [4.69, 9.17) is 11.6 Å². The van der Waals surface area contributed by atoms with Crippen LogP contribution in [-0.4, -0.2) is 35.3 Å². The summed E-state index contributed by atoms with van der Waals surface area (Å²) in [5.74, 6) is -0.149. The molecule has 5 heteroatoms. The largest absolute Gasteiger partial charge is 0.343 e. The van der Waals surface area contributed by atoms with Gasteiger partial charge in [0.05, 0.1) is 0 Å². The Kier molecular flexibility index (Phi) is 4.15. The summed E-state index contributed by atoms with van der Waals surface area (Å²) in [5, 5.41) is 2.65. The van der Waals surface area contributed by atoms with Gasteiger partial charge in [-0.15, -0.1) is 0 Å². The van der Waals surface area contributed by atoms with E-state index in [1.54, 1.807) is 17.9 Å². The minimum atomic E-state index is -0.441. The smallest absolute Gasteiger partial charge is 0.245 e. The lowest BCUT2D eigenvalue weighted by Gasteiger charge is -2.36. The van der Waals surface area contributed by atoms with Crippen LogP contribution in [0.4, 0.5) is 0 Å². The summed E-state index contributed by atoms with van der Waals surface area (Å²) in [5.41, 5.74) is 1.36. The highest BCUT2D eigenvalue weighted by Gasteiger charge is 2.36. The van der Waals surface area contributed by atoms with Crippen LogP contribution >= 0.6 is 11.6 Å². The van der Waals surface area contributed by atoms with Crippen molar-refractivity contribution in [3.63, 3.8) is 0 Å². The van der Waals surface area contributed by atoms with Crippen molar-refractivity contribution in [1.82, 2.24) is 10.2 Å². The van der Waals surface area contributed by atoms with E-state index in [1.807, 2.05) is 6.92 Å². The van der Waals surface area contributed by atoms with Crippen molar-refractivity contribution in [1.29, 1.82) is 0 Å². The summed E-state index contributed by atoms with van der Waals surface area (Å²) < 4.78 is 0. The predicted octanol–water partition coefficient (Wildman–Crippen LogP) is 0.864. The number of piperazine rings is 1. The van der Waals surface area contributed by atoms with Gasteiger partial charge in [0.2, 0.25) is 11.8 Å². The van der Waals surface area contributed by atoms with Gasteiger partial charge < -0.3 is 10.2 Å². The number of hydrogen-bond acceptors (Lipinski definition) is 2. The van der Waals surface area contributed by atoms with Gasteiger partial charge >= 0.3 is 0 Å². The van der Waals surface area contributed by atoms with Crippen molar-refractivity contribution >= 4 is 23.4 Å². The number of nitrogens with zero attached hydrogens (tertiary/aromatic N) is 1. The van der Waals surface area contributed by atoms with E-state index in [-0.39, 0.29) is 17.9 Å². The molecule has 1 saturated heterocycles. The molecular formula is C10H15ClN2O2. The molecule has 2 atom stereocenters. The van der Waals surface area contributed by atoms with Crippen LogP contribution in [-0.2, 0) is 9.59 Å². The molecule has 84 valence electrons. The minimum absolute atomic E-state index is 0.0591. The Balaban J connectivity index is 2.83. The van der Waals surface area contributed by atoms with E-state index in [0.717, 1.165) is 0 Å². The highest BCUT2D eigenvalue weighted by molar-refractivity contribution is 6.25. The first-order valence-corrected chi connectivity index (χ1v) is 5.41. The number of nitrogens with one attached hydrogen (secondary N) is 1. The van der Waals surface area contributed by atoms with E-state index in [9.17, 15) is 9.59 Å². The van der Waals surface area contributed by atoms with Crippen molar-refractivity contribution in [3.05, 3.63) is 11.6 Å². The molecule has 0 radical (unpaired) electrons. The Morgan fingerprint density at radius 2 is 2.20 bits per heavy atom. The van der Waals surface area contributed by atoms with Crippen molar-refractivity contribution < 1.29 is 9.59 Å². The number of carbonyl (C=O) groups is 2. The summed E-state index contributed by atoms with van der Waals surface area (Å²) in [6.07, 6.45) is 2.27. The molecule has 0 aromatic heterocycles. The van der Waals surface area contributed by atoms with E-state index in [0.29, 0.717) is 13.0 Å². The second kappa shape index (κ2) is 5.16. The van der Waals surface area contributed by atoms with E-state index < -0.39 is 6.04 Å². The molecule has 0 aliphatic carbocycles. The predicted molar refractivity (Wildman–Crippen MR) is 58.4 cm³/mol. The van der Waals surface area contributed by atoms with Crippen LogP contribution in [0.2, 0.25) is 0 Å². The topological polar surface area (TPSA) is 49.4 Å². The summed E-state index contributed by atoms with van der Waals surface area (Å²) >= 11 is 5.41. The van der Waals surface area contributed by atoms with Crippen LogP contribution < -0.4 is 5.32 Å². The van der Waals surface area contributed by atoms with Gasteiger partial charge in [0.15, 0.2) is 0 Å². The van der Waals surface area contributed by atoms with Crippen molar-refractivity contribution in [2.24, 2.45) is 0 Å². The maximum Gasteiger partial charge on any atom is 0.245 e. The average molecular weight is 231 g/mol. The highest BCUT2D eigenvalue weighted by atomic mass is 35.5. The summed E-state index contributed by atoms with van der Waals surface area (Å²) in [4.78, 5) is 24.9. The summed E-state index contributed by atoms with van der Waals surface area (Å²) in [7, 11) is 0. The Morgan fingerprint density at radius 1 is 1.53 bits per heavy atom. The third-order valence-corrected chi connectivity index (χ3v) is 2.65. The first-order chi connectivity index (χ1) is 7.11. The second-order valence-electron chi connectivity index (χ2n) is 3.51. The quantitative estimate of drug-likeness (QED) is 0.782. The van der Waals surface area contributed by atoms with Gasteiger partial charge in [-0.05, 0) is 13.3 Å². The zero-order valence-corrected chi connectivity index (χ0v) is 9.62. The maximum absolute atomic E-state index is 11.8. The van der Waals surface area contributed by atoms with Crippen LogP contribution in [0.3, 0.4) is 0 Å². The summed E-state index contributed by atoms with van der Waals surface area (Å²) in [6.45, 7) is 3.95. The van der Waals surface area contributed by atoms with E-state index >= 15 is 0 Å². The van der Waals surface area contributed by atoms with Crippen LogP contribution in [0, 0.1) is 0 Å². The van der Waals surface area contributed by atoms with Gasteiger partial charge in [-0.2, -0.15) is 0 Å². The molecule has 1 N–H and O–H groups in total. The lowest BCUT2D eigenvalue weighted by atomic mass is 10.1. The summed E-state index contributed by atoms with van der Waals surface area (Å²) in [6, 6.07) is -0.814. The zero-order chi connectivity index (χ0) is 11.4. The molecule has 0 aromatic carbocycles. The van der Waals surface area contributed by atoms with Crippen LogP contribution in [0.5, 0.6) is 0 Å². The van der Waals surface area contributed by atoms with Gasteiger partial charge in [0.1, 0.15) is 12.1 Å². The molecule has 0 saturated carbocycles. The first-order valence-electron chi connectivity index (χ1n) is 4.97. The number of hydrogen-bond donors (Lipinski definition) is 1. The Labute approximate surface area is 94.3 Å². The van der Waals surface area contributed by atoms with E-state index in [1.165, 1.54) is 5.54 Å². The highest BCUT2D eigenvalue weighted by Crippen LogP contribution is 2.12. The van der Waals surface area contributed by atoms with Gasteiger partial charge in [0, 0.05) is 12.1 Å². The molecule has 0 aromatic rings. The van der Waals surface area contributed by atoms with Crippen molar-refractivity contribution in [2.45, 2.75) is 32.4 Å². The molecule has 15 heavy (non-hydrogen) atoms. The van der Waals surface area contributed by atoms with Crippen molar-refractivity contribution in [3.8, 4) is 0 Å². The molecule has 1 rings (SSSR count). The van der Waals surface area contributed by atoms with Gasteiger partial charge in [-0.3, -0.25) is 9.59 Å². The molecule has 1 aliphatic heterocycles. The number of amides is 2. The fourth-order valence-electron chi connectivity index (χ4n) is 1.69. The Morgan fingerprint density at radius 3 is 2.73 bits per heavy atom. The van der Waals surface area contributed by atoms with E-state index in [2.05, 4.69) is 5.32 Å². The lowest BCUT2D eigenvalue weighted by molar-refractivity contribution is -0.148. The first kappa shape index (κ1) is 12.0. The average Bonchev–Trinajstić information content (AvgIpc) is 2.21. The monoisotopic (exact) mass is 230 g/mol. The Bertz CT molecular complexity index is 291. The van der Waals surface area contributed by atoms with Gasteiger partial charge in [0.25, 0.3) is 0 Å². The lowest BCUT2D eigenvalue weighted by Crippen LogP contribution is -2.62.